The number of aromatic amines is 1. The number of rotatable bonds is 4. The van der Waals surface area contributed by atoms with E-state index in [0.717, 1.165) is 44.5 Å². The molecule has 5 nitrogen and oxygen atoms in total. The Bertz CT molecular complexity index is 529. The van der Waals surface area contributed by atoms with Crippen LogP contribution >= 0.6 is 0 Å². The lowest BCUT2D eigenvalue weighted by Gasteiger charge is -2.35. The Morgan fingerprint density at radius 2 is 2.09 bits per heavy atom. The van der Waals surface area contributed by atoms with Crippen molar-refractivity contribution < 1.29 is 4.79 Å². The summed E-state index contributed by atoms with van der Waals surface area (Å²) in [5, 5.41) is 7.55. The van der Waals surface area contributed by atoms with Gasteiger partial charge in [-0.3, -0.25) is 9.89 Å². The molecular weight excluding hydrogens is 276 g/mol. The van der Waals surface area contributed by atoms with Gasteiger partial charge in [0.25, 0.3) is 0 Å². The Balaban J connectivity index is 1.56. The first-order valence-corrected chi connectivity index (χ1v) is 8.60. The van der Waals surface area contributed by atoms with Crippen LogP contribution in [-0.4, -0.2) is 52.1 Å². The number of H-pyrrole nitrogens is 1. The molecule has 3 rings (SSSR count). The highest BCUT2D eigenvalue weighted by Gasteiger charge is 2.29. The van der Waals surface area contributed by atoms with Gasteiger partial charge in [-0.15, -0.1) is 0 Å². The van der Waals surface area contributed by atoms with E-state index in [9.17, 15) is 4.79 Å². The van der Waals surface area contributed by atoms with Gasteiger partial charge in [-0.25, -0.2) is 0 Å². The van der Waals surface area contributed by atoms with E-state index in [4.69, 9.17) is 0 Å². The third-order valence-electron chi connectivity index (χ3n) is 5.26. The van der Waals surface area contributed by atoms with E-state index in [0.29, 0.717) is 12.6 Å². The number of piperidine rings is 1. The summed E-state index contributed by atoms with van der Waals surface area (Å²) in [5.74, 6) is 0.477. The summed E-state index contributed by atoms with van der Waals surface area (Å²) >= 11 is 0. The summed E-state index contributed by atoms with van der Waals surface area (Å²) in [5.41, 5.74) is 3.71. The second kappa shape index (κ2) is 6.41. The first kappa shape index (κ1) is 15.5. The monoisotopic (exact) mass is 304 g/mol. The average Bonchev–Trinajstić information content (AvgIpc) is 3.11. The standard InChI is InChI=1S/C17H28N4O/c1-12(2)21-9-7-13(8-10-21)17(22)20(3)11-16-14-5-4-6-15(14)18-19-16/h12-13H,4-11H2,1-3H3,(H,18,19). The van der Waals surface area contributed by atoms with Gasteiger partial charge in [0.05, 0.1) is 12.2 Å². The van der Waals surface area contributed by atoms with Crippen molar-refractivity contribution in [2.75, 3.05) is 20.1 Å². The second-order valence-corrected chi connectivity index (χ2v) is 7.08. The third kappa shape index (κ3) is 3.05. The minimum absolute atomic E-state index is 0.187. The van der Waals surface area contributed by atoms with Crippen LogP contribution in [-0.2, 0) is 24.2 Å². The van der Waals surface area contributed by atoms with Crippen molar-refractivity contribution >= 4 is 5.91 Å². The number of likely N-dealkylation sites (tertiary alicyclic amines) is 1. The number of nitrogens with one attached hydrogen (secondary N) is 1. The van der Waals surface area contributed by atoms with Gasteiger partial charge in [-0.1, -0.05) is 0 Å². The van der Waals surface area contributed by atoms with E-state index in [-0.39, 0.29) is 11.8 Å². The van der Waals surface area contributed by atoms with Gasteiger partial charge in [-0.2, -0.15) is 5.10 Å². The Kier molecular flexibility index (Phi) is 4.52. The SMILES string of the molecule is CC(C)N1CCC(C(=O)N(C)Cc2n[nH]c3c2CCC3)CC1. The summed E-state index contributed by atoms with van der Waals surface area (Å²) in [7, 11) is 1.92. The molecule has 1 aliphatic heterocycles. The van der Waals surface area contributed by atoms with Gasteiger partial charge >= 0.3 is 0 Å². The molecule has 1 fully saturated rings. The van der Waals surface area contributed by atoms with Crippen molar-refractivity contribution in [1.82, 2.24) is 20.0 Å². The Hall–Kier alpha value is -1.36. The lowest BCUT2D eigenvalue weighted by molar-refractivity contribution is -0.136. The van der Waals surface area contributed by atoms with Crippen LogP contribution in [0.15, 0.2) is 0 Å². The lowest BCUT2D eigenvalue weighted by Crippen LogP contribution is -2.43. The predicted octanol–water partition coefficient (Wildman–Crippen LogP) is 1.98. The number of hydrogen-bond donors (Lipinski definition) is 1. The molecule has 2 heterocycles. The molecule has 1 aliphatic carbocycles. The molecule has 1 N–H and O–H groups in total. The van der Waals surface area contributed by atoms with Crippen LogP contribution in [0.4, 0.5) is 0 Å². The van der Waals surface area contributed by atoms with Crippen LogP contribution in [0.1, 0.15) is 50.1 Å². The van der Waals surface area contributed by atoms with Gasteiger partial charge in [0.1, 0.15) is 0 Å². The topological polar surface area (TPSA) is 52.2 Å². The zero-order chi connectivity index (χ0) is 15.7. The van der Waals surface area contributed by atoms with Crippen LogP contribution in [0, 0.1) is 5.92 Å². The van der Waals surface area contributed by atoms with Crippen molar-refractivity contribution in [1.29, 1.82) is 0 Å². The maximum absolute atomic E-state index is 12.7. The molecule has 0 bridgehead atoms. The predicted molar refractivity (Wildman–Crippen MR) is 86.5 cm³/mol. The molecule has 0 spiro atoms. The highest BCUT2D eigenvalue weighted by molar-refractivity contribution is 5.78. The molecular formula is C17H28N4O. The summed E-state index contributed by atoms with van der Waals surface area (Å²) in [6.07, 6.45) is 5.39. The van der Waals surface area contributed by atoms with Crippen molar-refractivity contribution in [3.63, 3.8) is 0 Å². The normalized spacial score (nSPS) is 19.6. The maximum atomic E-state index is 12.7. The Labute approximate surface area is 133 Å². The molecule has 0 aromatic carbocycles. The number of fused-ring (bicyclic) bond motifs is 1. The molecule has 122 valence electrons. The molecule has 0 radical (unpaired) electrons. The lowest BCUT2D eigenvalue weighted by atomic mass is 9.94. The first-order valence-electron chi connectivity index (χ1n) is 8.60. The van der Waals surface area contributed by atoms with Crippen molar-refractivity contribution in [2.24, 2.45) is 5.92 Å². The minimum atomic E-state index is 0.187. The van der Waals surface area contributed by atoms with Crippen LogP contribution in [0.5, 0.6) is 0 Å². The smallest absolute Gasteiger partial charge is 0.225 e. The zero-order valence-corrected chi connectivity index (χ0v) is 14.1. The van der Waals surface area contributed by atoms with E-state index in [1.54, 1.807) is 0 Å². The quantitative estimate of drug-likeness (QED) is 0.925. The summed E-state index contributed by atoms with van der Waals surface area (Å²) in [4.78, 5) is 17.0. The van der Waals surface area contributed by atoms with E-state index in [1.165, 1.54) is 17.7 Å². The molecule has 1 amide bonds. The highest BCUT2D eigenvalue weighted by atomic mass is 16.2. The third-order valence-corrected chi connectivity index (χ3v) is 5.26. The molecule has 1 aromatic heterocycles. The van der Waals surface area contributed by atoms with E-state index in [1.807, 2.05) is 11.9 Å². The number of aromatic nitrogens is 2. The number of amides is 1. The van der Waals surface area contributed by atoms with E-state index in [2.05, 4.69) is 28.9 Å². The van der Waals surface area contributed by atoms with E-state index >= 15 is 0 Å². The molecule has 0 unspecified atom stereocenters. The number of carbonyl (C=O) groups excluding carboxylic acids is 1. The highest BCUT2D eigenvalue weighted by Crippen LogP contribution is 2.25. The first-order chi connectivity index (χ1) is 10.6. The summed E-state index contributed by atoms with van der Waals surface area (Å²) in [6, 6.07) is 0.584. The van der Waals surface area contributed by atoms with Gasteiger partial charge < -0.3 is 9.80 Å². The molecule has 5 heteroatoms. The van der Waals surface area contributed by atoms with Crippen molar-refractivity contribution in [3.05, 3.63) is 17.0 Å². The van der Waals surface area contributed by atoms with Crippen molar-refractivity contribution in [3.8, 4) is 0 Å². The Morgan fingerprint density at radius 1 is 1.36 bits per heavy atom. The molecule has 1 aromatic rings. The van der Waals surface area contributed by atoms with Crippen LogP contribution in [0.2, 0.25) is 0 Å². The maximum Gasteiger partial charge on any atom is 0.225 e. The van der Waals surface area contributed by atoms with Crippen LogP contribution in [0.25, 0.3) is 0 Å². The number of carbonyl (C=O) groups is 1. The fourth-order valence-corrected chi connectivity index (χ4v) is 3.80. The Morgan fingerprint density at radius 3 is 2.77 bits per heavy atom. The molecule has 22 heavy (non-hydrogen) atoms. The second-order valence-electron chi connectivity index (χ2n) is 7.08. The van der Waals surface area contributed by atoms with Gasteiger partial charge in [0, 0.05) is 24.7 Å². The molecule has 0 atom stereocenters. The van der Waals surface area contributed by atoms with Gasteiger partial charge in [0.2, 0.25) is 5.91 Å². The number of aryl methyl sites for hydroxylation is 1. The van der Waals surface area contributed by atoms with Gasteiger partial charge in [-0.05, 0) is 64.6 Å². The fourth-order valence-electron chi connectivity index (χ4n) is 3.80. The van der Waals surface area contributed by atoms with E-state index < -0.39 is 0 Å². The largest absolute Gasteiger partial charge is 0.340 e. The van der Waals surface area contributed by atoms with Crippen LogP contribution in [0.3, 0.4) is 0 Å². The van der Waals surface area contributed by atoms with Crippen LogP contribution < -0.4 is 0 Å². The fraction of sp³-hybridized carbons (Fsp3) is 0.765. The minimum Gasteiger partial charge on any atom is -0.340 e. The summed E-state index contributed by atoms with van der Waals surface area (Å²) < 4.78 is 0. The molecule has 0 saturated carbocycles. The average molecular weight is 304 g/mol. The summed E-state index contributed by atoms with van der Waals surface area (Å²) in [6.45, 7) is 7.19. The number of hydrogen-bond acceptors (Lipinski definition) is 3. The zero-order valence-electron chi connectivity index (χ0n) is 14.1. The molecule has 1 saturated heterocycles. The van der Waals surface area contributed by atoms with Crippen molar-refractivity contribution in [2.45, 2.75) is 58.5 Å². The van der Waals surface area contributed by atoms with Gasteiger partial charge in [0.15, 0.2) is 0 Å². The molecule has 2 aliphatic rings. The number of nitrogens with zero attached hydrogens (tertiary/aromatic N) is 3.